The molecule has 4 saturated heterocycles. The Morgan fingerprint density at radius 2 is 0.752 bits per heavy atom. The standard InChI is InChI=1S/C23H40F3N5O8SSi2.C22H40ClN5O5Si2.C10H15ClN5O13P3.C10H12ClN5O4/c1-11(2)41(12(3)4)39-42(13(5)6,14(7)8)36-9-15-17(32)18(38-40(34,35)23(24,25)26)21(37-15)31-10-28-16-19(31)29-22(27)30-20(16)33;1-11(2)34(12(3)4)33-35(13(5)6,14(7)8)31-9-15-18(29)16(23)21(32-15)28-10-25-17-19(28)26-22(24)27-20(17)30;11-4-6(17)3(1-26-31(22,23)29-32(24,25)28-30(19,20)21)27-9(4)16-2-13-5-7(16)14-10(12)15-8(5)18;11-4-6(18)3(1-17)20-9(4)16-2-13-5-7(16)14-10(12)15-8(5)19/h10-15,17-18,21,32,41H,9H2,1-8H3,(H3,27,29,30,33);10-16,18,21,29,34H,9H2,1-8H3,(H3,24,26,27,30);2-4,6,9,17H,1H2,(H,22,23)(H,24,25)(H2,19,20,21)(H3,12,14,15,18);2-4,6,9,17-18H,1H2,(H3,12,14,15,19)/t15-,17?,18-,21-;15-,16+,18?,21-;2*3-,4+,6?,9-/m1111/s1. The van der Waals surface area contributed by atoms with Gasteiger partial charge in [-0.05, 0) is 44.3 Å². The summed E-state index contributed by atoms with van der Waals surface area (Å²) in [6.07, 6.45) is -11.4. The van der Waals surface area contributed by atoms with E-state index in [4.69, 9.17) is 114 Å². The number of aliphatic hydroxyl groups is 5. The average molecular weight is 2050 g/mol. The monoisotopic (exact) mass is 2050 g/mol. The molecule has 0 radical (unpaired) electrons. The first-order chi connectivity index (χ1) is 59.6. The number of anilines is 4. The first kappa shape index (κ1) is 107. The van der Waals surface area contributed by atoms with E-state index in [1.807, 2.05) is 27.7 Å². The molecule has 129 heavy (non-hydrogen) atoms. The Balaban J connectivity index is 0.000000199. The molecule has 726 valence electrons. The summed E-state index contributed by atoms with van der Waals surface area (Å²) in [4.78, 5) is 125. The molecule has 18 atom stereocenters. The predicted molar refractivity (Wildman–Crippen MR) is 466 cm³/mol. The van der Waals surface area contributed by atoms with Crippen LogP contribution in [0, 0.1) is 0 Å². The summed E-state index contributed by atoms with van der Waals surface area (Å²) in [7, 11) is -32.0. The summed E-state index contributed by atoms with van der Waals surface area (Å²) in [5, 5.41) is 48.5. The van der Waals surface area contributed by atoms with Gasteiger partial charge in [0, 0.05) is 0 Å². The lowest BCUT2D eigenvalue weighted by atomic mass is 10.1. The van der Waals surface area contributed by atoms with Gasteiger partial charge in [-0.1, -0.05) is 111 Å². The number of halogens is 6. The van der Waals surface area contributed by atoms with Crippen LogP contribution in [-0.4, -0.2) is 270 Å². The van der Waals surface area contributed by atoms with E-state index in [0.717, 1.165) is 17.2 Å². The normalized spacial score (nSPS) is 25.4. The number of fused-ring (bicyclic) bond motifs is 4. The molecule has 12 rings (SSSR count). The van der Waals surface area contributed by atoms with E-state index in [0.29, 0.717) is 22.2 Å². The molecule has 0 aliphatic carbocycles. The zero-order valence-corrected chi connectivity index (χ0v) is 82.0. The van der Waals surface area contributed by atoms with Crippen molar-refractivity contribution in [2.24, 2.45) is 0 Å². The van der Waals surface area contributed by atoms with Crippen LogP contribution in [0.2, 0.25) is 44.3 Å². The Labute approximate surface area is 752 Å². The van der Waals surface area contributed by atoms with E-state index in [-0.39, 0.29) is 110 Å². The zero-order valence-electron chi connectivity index (χ0n) is 71.9. The van der Waals surface area contributed by atoms with Crippen molar-refractivity contribution < 1.29 is 134 Å². The molecular formula is C65H107Cl3F3N20O30P3SSi4. The van der Waals surface area contributed by atoms with Gasteiger partial charge < -0.3 is 104 Å². The maximum absolute atomic E-state index is 13.3. The molecule has 4 fully saturated rings. The van der Waals surface area contributed by atoms with Crippen LogP contribution in [0.25, 0.3) is 44.7 Å². The number of rotatable bonds is 32. The number of aromatic nitrogens is 16. The number of alkyl halides is 6. The van der Waals surface area contributed by atoms with E-state index in [2.05, 4.69) is 160 Å². The van der Waals surface area contributed by atoms with Crippen LogP contribution < -0.4 is 45.2 Å². The van der Waals surface area contributed by atoms with Crippen molar-refractivity contribution >= 4 is 172 Å². The molecule has 0 bridgehead atoms. The third-order valence-corrected chi connectivity index (χ3v) is 45.4. The van der Waals surface area contributed by atoms with Gasteiger partial charge in [0.1, 0.15) is 65.0 Å². The third kappa shape index (κ3) is 24.1. The summed E-state index contributed by atoms with van der Waals surface area (Å²) >= 11 is 18.8. The van der Waals surface area contributed by atoms with Gasteiger partial charge in [-0.2, -0.15) is 50.1 Å². The Hall–Kier alpha value is -6.07. The van der Waals surface area contributed by atoms with Crippen molar-refractivity contribution in [3.05, 3.63) is 66.7 Å². The summed E-state index contributed by atoms with van der Waals surface area (Å²) in [5.41, 5.74) is 16.2. The Kier molecular flexibility index (Phi) is 34.7. The highest BCUT2D eigenvalue weighted by atomic mass is 35.5. The first-order valence-electron chi connectivity index (χ1n) is 39.8. The minimum Gasteiger partial charge on any atom is -0.437 e. The van der Waals surface area contributed by atoms with Gasteiger partial charge in [-0.25, -0.2) is 33.6 Å². The van der Waals surface area contributed by atoms with Gasteiger partial charge in [-0.3, -0.25) is 66.1 Å². The van der Waals surface area contributed by atoms with Crippen LogP contribution in [-0.2, 0) is 77.2 Å². The van der Waals surface area contributed by atoms with E-state index >= 15 is 0 Å². The molecule has 4 aliphatic rings. The van der Waals surface area contributed by atoms with Crippen LogP contribution in [0.4, 0.5) is 37.0 Å². The molecule has 21 N–H and O–H groups in total. The highest BCUT2D eigenvalue weighted by Crippen LogP contribution is 2.66. The van der Waals surface area contributed by atoms with E-state index in [9.17, 15) is 79.8 Å². The van der Waals surface area contributed by atoms with Crippen LogP contribution >= 0.6 is 58.3 Å². The fourth-order valence-electron chi connectivity index (χ4n) is 15.1. The van der Waals surface area contributed by atoms with E-state index in [1.54, 1.807) is 0 Å². The first-order valence-corrected chi connectivity index (χ1v) is 54.6. The second-order valence-corrected chi connectivity index (χ2v) is 57.7. The average Bonchev–Trinajstić information content (AvgIpc) is 1.93. The summed E-state index contributed by atoms with van der Waals surface area (Å²) in [5.74, 6) is -0.667. The number of hydrogen-bond acceptors (Lipinski definition) is 38. The van der Waals surface area contributed by atoms with Crippen LogP contribution in [0.3, 0.4) is 0 Å². The Bertz CT molecular complexity index is 5720. The van der Waals surface area contributed by atoms with Crippen molar-refractivity contribution in [1.82, 2.24) is 78.1 Å². The number of imidazole rings is 4. The van der Waals surface area contributed by atoms with Gasteiger partial charge >= 0.3 is 56.2 Å². The number of aliphatic hydroxyl groups excluding tert-OH is 5. The molecule has 8 aromatic rings. The topological polar surface area (TPSA) is 737 Å². The number of hydrogen-bond donors (Lipinski definition) is 17. The number of nitrogens with one attached hydrogen (secondary N) is 4. The number of nitrogens with two attached hydrogens (primary N) is 4. The van der Waals surface area contributed by atoms with Crippen LogP contribution in [0.1, 0.15) is 136 Å². The number of nitrogen functional groups attached to an aromatic ring is 4. The van der Waals surface area contributed by atoms with Crippen LogP contribution in [0.15, 0.2) is 44.5 Å². The van der Waals surface area contributed by atoms with Crippen molar-refractivity contribution in [2.45, 2.75) is 257 Å². The minimum atomic E-state index is -6.17. The highest BCUT2D eigenvalue weighted by molar-refractivity contribution is 7.87. The van der Waals surface area contributed by atoms with Gasteiger partial charge in [0.25, 0.3) is 22.2 Å². The molecule has 0 saturated carbocycles. The summed E-state index contributed by atoms with van der Waals surface area (Å²) in [6, 6.07) is 0. The number of aromatic amines is 4. The molecule has 0 aromatic carbocycles. The highest BCUT2D eigenvalue weighted by Gasteiger charge is 2.58. The second kappa shape index (κ2) is 42.0. The number of nitrogens with zero attached hydrogens (tertiary/aromatic N) is 12. The van der Waals surface area contributed by atoms with Gasteiger partial charge in [-0.15, -0.1) is 34.8 Å². The lowest BCUT2D eigenvalue weighted by molar-refractivity contribution is -0.0698. The smallest absolute Gasteiger partial charge is 0.437 e. The lowest BCUT2D eigenvalue weighted by Crippen LogP contribution is -2.54. The predicted octanol–water partition coefficient (Wildman–Crippen LogP) is 3.91. The second-order valence-electron chi connectivity index (χ2n) is 33.0. The van der Waals surface area contributed by atoms with Crippen molar-refractivity contribution in [1.29, 1.82) is 0 Å². The van der Waals surface area contributed by atoms with Crippen molar-refractivity contribution in [2.75, 3.05) is 49.4 Å². The largest absolute Gasteiger partial charge is 0.523 e. The minimum absolute atomic E-state index is 0.0374. The van der Waals surface area contributed by atoms with Gasteiger partial charge in [0.2, 0.25) is 23.8 Å². The number of ether oxygens (including phenoxy) is 4. The molecule has 0 spiro atoms. The molecule has 0 amide bonds. The quantitative estimate of drug-likeness (QED) is 0.00934. The molecule has 6 unspecified atom stereocenters. The van der Waals surface area contributed by atoms with Crippen molar-refractivity contribution in [3.8, 4) is 0 Å². The SMILES string of the molecule is CC(C)[SiH](O[Si](OC[C@H]1O[C@@H](n2cnc3c(=O)[nH]c(N)nc32)[C@@H](Cl)C1O)(C(C)C)C(C)C)C(C)C.CC(C)[SiH](O[Si](OC[C@H]1O[C@@H](n2cnc3c(=O)[nH]c(N)nc32)[C@H](OS(=O)(=O)C(F)(F)F)C1O)(C(C)C)C(C)C)C(C)C.Nc1nc2c(ncn2[C@@H]2O[C@H](CO)C(O)[C@@H]2Cl)c(=O)[nH]1.Nc1nc2c(ncn2[C@@H]2O[C@H](COP(=O)(O)OP(=O)(O)OP(=O)(O)O)C(O)[C@@H]2Cl)c(=O)[nH]1. The lowest BCUT2D eigenvalue weighted by Gasteiger charge is -2.43. The van der Waals surface area contributed by atoms with Crippen molar-refractivity contribution in [3.63, 3.8) is 0 Å². The number of phosphoric ester groups is 1. The van der Waals surface area contributed by atoms with Gasteiger partial charge in [0.05, 0.1) is 51.7 Å². The van der Waals surface area contributed by atoms with E-state index in [1.165, 1.54) is 26.4 Å². The van der Waals surface area contributed by atoms with Crippen LogP contribution in [0.5, 0.6) is 0 Å². The Morgan fingerprint density at radius 1 is 0.473 bits per heavy atom. The van der Waals surface area contributed by atoms with E-state index < -0.39 is 199 Å². The fraction of sp³-hybridized carbons (Fsp3) is 0.692. The number of phosphoric acid groups is 3. The number of H-pyrrole nitrogens is 4. The zero-order chi connectivity index (χ0) is 96.7. The third-order valence-electron chi connectivity index (χ3n) is 21.0. The molecule has 12 heterocycles. The maximum Gasteiger partial charge on any atom is 0.523 e. The maximum atomic E-state index is 13.3. The molecule has 50 nitrogen and oxygen atoms in total. The summed E-state index contributed by atoms with van der Waals surface area (Å²) < 4.78 is 169. The Morgan fingerprint density at radius 3 is 1.03 bits per heavy atom. The molecular weight excluding hydrogens is 1940 g/mol. The van der Waals surface area contributed by atoms with Gasteiger partial charge in [0.15, 0.2) is 93.8 Å². The summed E-state index contributed by atoms with van der Waals surface area (Å²) in [6.45, 7) is 32.3. The molecule has 4 aliphatic heterocycles. The molecule has 8 aromatic heterocycles. The fourth-order valence-corrected chi connectivity index (χ4v) is 40.4. The molecule has 64 heteroatoms.